The molecular formula is C28H16N4O2S3. The van der Waals surface area contributed by atoms with Crippen LogP contribution in [0, 0.1) is 45.3 Å². The minimum atomic E-state index is 0.0474. The lowest BCUT2D eigenvalue weighted by atomic mass is 10.1. The minimum Gasteiger partial charge on any atom is -0.496 e. The SMILES string of the molecule is COc1cc(-c2ccc(-c3ccc(C=C(C#N)C#N)s3)s2)c(OC)cc1-c1ccc(C=C(C#N)C#N)s1. The van der Waals surface area contributed by atoms with Crippen LogP contribution in [0.25, 0.3) is 42.8 Å². The molecule has 0 spiro atoms. The zero-order valence-electron chi connectivity index (χ0n) is 19.6. The Balaban J connectivity index is 1.70. The second kappa shape index (κ2) is 11.4. The quantitative estimate of drug-likeness (QED) is 0.223. The Hall–Kier alpha value is -4.64. The van der Waals surface area contributed by atoms with Crippen LogP contribution in [0.4, 0.5) is 0 Å². The third-order valence-corrected chi connectivity index (χ3v) is 8.62. The highest BCUT2D eigenvalue weighted by Crippen LogP contribution is 2.46. The Morgan fingerprint density at radius 1 is 0.595 bits per heavy atom. The third-order valence-electron chi connectivity index (χ3n) is 5.21. The molecule has 0 saturated carbocycles. The fraction of sp³-hybridized carbons (Fsp3) is 0.0714. The Morgan fingerprint density at radius 2 is 0.973 bits per heavy atom. The molecule has 0 aliphatic carbocycles. The molecule has 6 nitrogen and oxygen atoms in total. The van der Waals surface area contributed by atoms with E-state index in [1.54, 1.807) is 37.7 Å². The molecule has 3 heterocycles. The van der Waals surface area contributed by atoms with Crippen molar-refractivity contribution in [3.63, 3.8) is 0 Å². The number of allylic oxidation sites excluding steroid dienone is 2. The summed E-state index contributed by atoms with van der Waals surface area (Å²) in [5, 5.41) is 36.1. The molecule has 37 heavy (non-hydrogen) atoms. The van der Waals surface area contributed by atoms with Gasteiger partial charge >= 0.3 is 0 Å². The average Bonchev–Trinajstić information content (AvgIpc) is 3.70. The van der Waals surface area contributed by atoms with Crippen LogP contribution in [0.5, 0.6) is 11.5 Å². The van der Waals surface area contributed by atoms with Crippen LogP contribution in [0.15, 0.2) is 59.7 Å². The predicted octanol–water partition coefficient (Wildman–Crippen LogP) is 7.75. The van der Waals surface area contributed by atoms with Gasteiger partial charge in [-0.05, 0) is 60.7 Å². The topological polar surface area (TPSA) is 114 Å². The van der Waals surface area contributed by atoms with Crippen molar-refractivity contribution in [3.05, 3.63) is 69.4 Å². The van der Waals surface area contributed by atoms with Crippen molar-refractivity contribution in [1.29, 1.82) is 21.0 Å². The molecule has 4 aromatic rings. The summed E-state index contributed by atoms with van der Waals surface area (Å²) in [7, 11) is 3.24. The molecule has 0 atom stereocenters. The molecular weight excluding hydrogens is 521 g/mol. The lowest BCUT2D eigenvalue weighted by molar-refractivity contribution is 0.406. The molecule has 0 N–H and O–H groups in total. The molecule has 9 heteroatoms. The number of hydrogen-bond donors (Lipinski definition) is 0. The zero-order valence-corrected chi connectivity index (χ0v) is 22.1. The summed E-state index contributed by atoms with van der Waals surface area (Å²) < 4.78 is 11.5. The summed E-state index contributed by atoms with van der Waals surface area (Å²) in [5.74, 6) is 1.36. The highest BCUT2D eigenvalue weighted by molar-refractivity contribution is 7.24. The summed E-state index contributed by atoms with van der Waals surface area (Å²) in [5.41, 5.74) is 1.86. The normalized spacial score (nSPS) is 9.78. The summed E-state index contributed by atoms with van der Waals surface area (Å²) >= 11 is 4.57. The minimum absolute atomic E-state index is 0.0474. The van der Waals surface area contributed by atoms with E-state index >= 15 is 0 Å². The van der Waals surface area contributed by atoms with Crippen LogP contribution < -0.4 is 9.47 Å². The first kappa shape index (κ1) is 25.5. The van der Waals surface area contributed by atoms with E-state index in [2.05, 4.69) is 0 Å². The van der Waals surface area contributed by atoms with Gasteiger partial charge < -0.3 is 9.47 Å². The van der Waals surface area contributed by atoms with E-state index < -0.39 is 0 Å². The molecule has 0 aliphatic rings. The number of ether oxygens (including phenoxy) is 2. The molecule has 0 fully saturated rings. The van der Waals surface area contributed by atoms with Crippen molar-refractivity contribution in [2.45, 2.75) is 0 Å². The maximum atomic E-state index is 9.03. The first-order valence-electron chi connectivity index (χ1n) is 10.6. The molecule has 1 aromatic carbocycles. The lowest BCUT2D eigenvalue weighted by Crippen LogP contribution is -1.92. The first-order chi connectivity index (χ1) is 18.0. The van der Waals surface area contributed by atoms with Gasteiger partial charge in [-0.3, -0.25) is 0 Å². The van der Waals surface area contributed by atoms with Crippen LogP contribution >= 0.6 is 34.0 Å². The highest BCUT2D eigenvalue weighted by Gasteiger charge is 2.18. The number of nitriles is 4. The molecule has 0 bridgehead atoms. The van der Waals surface area contributed by atoms with Crippen molar-refractivity contribution >= 4 is 46.2 Å². The van der Waals surface area contributed by atoms with Gasteiger partial charge in [-0.25, -0.2) is 0 Å². The van der Waals surface area contributed by atoms with Gasteiger partial charge in [-0.1, -0.05) is 0 Å². The summed E-state index contributed by atoms with van der Waals surface area (Å²) in [6.07, 6.45) is 3.15. The van der Waals surface area contributed by atoms with Gasteiger partial charge in [-0.2, -0.15) is 21.0 Å². The number of hydrogen-bond acceptors (Lipinski definition) is 9. The first-order valence-corrected chi connectivity index (χ1v) is 13.1. The summed E-state index contributed by atoms with van der Waals surface area (Å²) in [6, 6.07) is 23.1. The van der Waals surface area contributed by atoms with Crippen molar-refractivity contribution in [3.8, 4) is 66.4 Å². The van der Waals surface area contributed by atoms with E-state index in [0.717, 1.165) is 40.4 Å². The molecule has 4 rings (SSSR count). The highest BCUT2D eigenvalue weighted by atomic mass is 32.1. The van der Waals surface area contributed by atoms with Gasteiger partial charge in [-0.15, -0.1) is 34.0 Å². The molecule has 0 unspecified atom stereocenters. The Kier molecular flexibility index (Phi) is 7.84. The number of thiophene rings is 3. The van der Waals surface area contributed by atoms with Gasteiger partial charge in [0.05, 0.1) is 14.2 Å². The third kappa shape index (κ3) is 5.46. The fourth-order valence-electron chi connectivity index (χ4n) is 3.50. The molecule has 0 saturated heterocycles. The Bertz CT molecular complexity index is 1680. The average molecular weight is 537 g/mol. The van der Waals surface area contributed by atoms with Crippen LogP contribution in [-0.4, -0.2) is 14.2 Å². The Labute approximate surface area is 226 Å². The van der Waals surface area contributed by atoms with E-state index in [1.807, 2.05) is 72.8 Å². The second-order valence-electron chi connectivity index (χ2n) is 7.38. The van der Waals surface area contributed by atoms with Gasteiger partial charge in [0.25, 0.3) is 0 Å². The van der Waals surface area contributed by atoms with E-state index in [4.69, 9.17) is 30.5 Å². The number of rotatable bonds is 7. The zero-order chi connectivity index (χ0) is 26.4. The van der Waals surface area contributed by atoms with E-state index in [1.165, 1.54) is 22.7 Å². The number of methoxy groups -OCH3 is 2. The van der Waals surface area contributed by atoms with Crippen LogP contribution in [0.1, 0.15) is 9.75 Å². The lowest BCUT2D eigenvalue weighted by Gasteiger charge is -2.13. The number of nitrogens with zero attached hydrogens (tertiary/aromatic N) is 4. The maximum absolute atomic E-state index is 9.03. The van der Waals surface area contributed by atoms with Gasteiger partial charge in [0.1, 0.15) is 46.9 Å². The fourth-order valence-corrected chi connectivity index (χ4v) is 6.54. The maximum Gasteiger partial charge on any atom is 0.131 e. The standard InChI is InChI=1S/C28H16N4O2S3/c1-33-23-12-22(24(34-2)11-21(23)25-5-3-19(35-25)9-17(13-29)14-30)26-7-8-28(37-26)27-6-4-20(36-27)10-18(15-31)16-32/h3-12H,1-2H3. The van der Waals surface area contributed by atoms with E-state index in [9.17, 15) is 0 Å². The number of benzene rings is 1. The van der Waals surface area contributed by atoms with Gasteiger partial charge in [0.2, 0.25) is 0 Å². The summed E-state index contributed by atoms with van der Waals surface area (Å²) in [6.45, 7) is 0. The van der Waals surface area contributed by atoms with Crippen molar-refractivity contribution in [1.82, 2.24) is 0 Å². The van der Waals surface area contributed by atoms with Gasteiger partial charge in [0.15, 0.2) is 0 Å². The molecule has 3 aromatic heterocycles. The molecule has 178 valence electrons. The second-order valence-corrected chi connectivity index (χ2v) is 10.7. The van der Waals surface area contributed by atoms with Crippen molar-refractivity contribution in [2.75, 3.05) is 14.2 Å². The predicted molar refractivity (Wildman–Crippen MR) is 148 cm³/mol. The van der Waals surface area contributed by atoms with Crippen molar-refractivity contribution < 1.29 is 9.47 Å². The van der Waals surface area contributed by atoms with Crippen LogP contribution in [0.2, 0.25) is 0 Å². The van der Waals surface area contributed by atoms with Crippen molar-refractivity contribution in [2.24, 2.45) is 0 Å². The van der Waals surface area contributed by atoms with Crippen LogP contribution in [0.3, 0.4) is 0 Å². The summed E-state index contributed by atoms with van der Waals surface area (Å²) in [4.78, 5) is 5.65. The van der Waals surface area contributed by atoms with Gasteiger partial charge in [0, 0.05) is 40.4 Å². The molecule has 0 radical (unpaired) electrons. The largest absolute Gasteiger partial charge is 0.496 e. The van der Waals surface area contributed by atoms with Crippen LogP contribution in [-0.2, 0) is 0 Å². The molecule has 0 amide bonds. The van der Waals surface area contributed by atoms with E-state index in [-0.39, 0.29) is 11.1 Å². The molecule has 0 aliphatic heterocycles. The smallest absolute Gasteiger partial charge is 0.131 e. The Morgan fingerprint density at radius 3 is 1.46 bits per heavy atom. The monoisotopic (exact) mass is 536 g/mol. The van der Waals surface area contributed by atoms with E-state index in [0.29, 0.717) is 11.5 Å².